The van der Waals surface area contributed by atoms with Crippen LogP contribution in [0.5, 0.6) is 11.5 Å². The van der Waals surface area contributed by atoms with Crippen molar-refractivity contribution in [3.63, 3.8) is 0 Å². The molecule has 0 unspecified atom stereocenters. The van der Waals surface area contributed by atoms with Crippen LogP contribution in [0.4, 0.5) is 0 Å². The summed E-state index contributed by atoms with van der Waals surface area (Å²) in [6, 6.07) is 10.9. The molecule has 154 valence electrons. The first kappa shape index (κ1) is 22.3. The third-order valence-electron chi connectivity index (χ3n) is 5.00. The molecule has 2 nitrogen and oxygen atoms in total. The van der Waals surface area contributed by atoms with E-state index >= 15 is 0 Å². The highest BCUT2D eigenvalue weighted by molar-refractivity contribution is 5.79. The monoisotopic (exact) mass is 382 g/mol. The topological polar surface area (TPSA) is 18.5 Å². The Kier molecular flexibility index (Phi) is 6.85. The first-order valence-electron chi connectivity index (χ1n) is 10.5. The van der Waals surface area contributed by atoms with E-state index in [1.165, 1.54) is 22.3 Å². The maximum Gasteiger partial charge on any atom is 0.126 e. The first-order valence-corrected chi connectivity index (χ1v) is 10.5. The molecule has 2 aromatic rings. The van der Waals surface area contributed by atoms with E-state index in [9.17, 15) is 0 Å². The van der Waals surface area contributed by atoms with Gasteiger partial charge in [-0.15, -0.1) is 0 Å². The molecule has 0 heterocycles. The number of benzene rings is 2. The molecule has 0 amide bonds. The van der Waals surface area contributed by atoms with Crippen LogP contribution in [0, 0.1) is 0 Å². The lowest BCUT2D eigenvalue weighted by Crippen LogP contribution is -2.22. The Hall–Kier alpha value is -1.96. The van der Waals surface area contributed by atoms with Crippen molar-refractivity contribution in [3.05, 3.63) is 47.0 Å². The Morgan fingerprint density at radius 3 is 1.68 bits per heavy atom. The van der Waals surface area contributed by atoms with Crippen LogP contribution < -0.4 is 9.47 Å². The molecule has 0 aliphatic rings. The highest BCUT2D eigenvalue weighted by atomic mass is 16.5. The zero-order valence-corrected chi connectivity index (χ0v) is 19.4. The lowest BCUT2D eigenvalue weighted by atomic mass is 9.81. The molecule has 2 rings (SSSR count). The van der Waals surface area contributed by atoms with E-state index in [1.807, 2.05) is 12.1 Å². The van der Waals surface area contributed by atoms with Crippen molar-refractivity contribution in [1.29, 1.82) is 0 Å². The van der Waals surface area contributed by atoms with Crippen LogP contribution in [0.15, 0.2) is 30.3 Å². The number of rotatable bonds is 6. The maximum atomic E-state index is 6.17. The molecule has 0 aliphatic heterocycles. The average molecular weight is 383 g/mol. The third-order valence-corrected chi connectivity index (χ3v) is 5.00. The second-order valence-corrected chi connectivity index (χ2v) is 9.61. The van der Waals surface area contributed by atoms with E-state index in [0.717, 1.165) is 17.1 Å². The van der Waals surface area contributed by atoms with Gasteiger partial charge in [0, 0.05) is 5.56 Å². The SMILES string of the molecule is COc1ccc(OC(C)(C)C)cc1-c1c(C(C)C)cc(C(C)C)cc1C(C)C. The Labute approximate surface area is 172 Å². The van der Waals surface area contributed by atoms with Crippen molar-refractivity contribution in [2.75, 3.05) is 7.11 Å². The molecule has 0 bridgehead atoms. The molecule has 0 spiro atoms. The minimum atomic E-state index is -0.241. The Morgan fingerprint density at radius 2 is 1.29 bits per heavy atom. The lowest BCUT2D eigenvalue weighted by Gasteiger charge is -2.26. The minimum absolute atomic E-state index is 0.241. The Bertz CT molecular complexity index is 779. The smallest absolute Gasteiger partial charge is 0.126 e. The van der Waals surface area contributed by atoms with E-state index in [2.05, 4.69) is 80.5 Å². The van der Waals surface area contributed by atoms with E-state index in [0.29, 0.717) is 17.8 Å². The summed E-state index contributed by atoms with van der Waals surface area (Å²) in [7, 11) is 1.75. The second-order valence-electron chi connectivity index (χ2n) is 9.61. The van der Waals surface area contributed by atoms with Gasteiger partial charge in [0.2, 0.25) is 0 Å². The summed E-state index contributed by atoms with van der Waals surface area (Å²) in [5.74, 6) is 3.11. The molecular formula is C26H38O2. The molecule has 2 heteroatoms. The summed E-state index contributed by atoms with van der Waals surface area (Å²) < 4.78 is 11.9. The molecule has 28 heavy (non-hydrogen) atoms. The summed E-state index contributed by atoms with van der Waals surface area (Å²) in [6.07, 6.45) is 0. The van der Waals surface area contributed by atoms with Crippen molar-refractivity contribution in [2.24, 2.45) is 0 Å². The fourth-order valence-electron chi connectivity index (χ4n) is 3.57. The van der Waals surface area contributed by atoms with E-state index in [4.69, 9.17) is 9.47 Å². The molecule has 0 N–H and O–H groups in total. The zero-order chi connectivity index (χ0) is 21.2. The highest BCUT2D eigenvalue weighted by Gasteiger charge is 2.22. The van der Waals surface area contributed by atoms with Gasteiger partial charge in [-0.2, -0.15) is 0 Å². The van der Waals surface area contributed by atoms with E-state index in [1.54, 1.807) is 7.11 Å². The van der Waals surface area contributed by atoms with Gasteiger partial charge in [0.25, 0.3) is 0 Å². The standard InChI is InChI=1S/C26H38O2/c1-16(2)19-13-21(17(3)4)25(22(14-19)18(5)6)23-15-20(28-26(7,8)9)11-12-24(23)27-10/h11-18H,1-10H3. The summed E-state index contributed by atoms with van der Waals surface area (Å²) in [6.45, 7) is 19.9. The molecule has 0 aromatic heterocycles. The van der Waals surface area contributed by atoms with Crippen molar-refractivity contribution >= 4 is 0 Å². The molecule has 0 fully saturated rings. The van der Waals surface area contributed by atoms with Gasteiger partial charge in [0.15, 0.2) is 0 Å². The highest BCUT2D eigenvalue weighted by Crippen LogP contribution is 2.43. The first-order chi connectivity index (χ1) is 12.9. The van der Waals surface area contributed by atoms with Gasteiger partial charge in [-0.3, -0.25) is 0 Å². The van der Waals surface area contributed by atoms with E-state index < -0.39 is 0 Å². The van der Waals surface area contributed by atoms with Crippen LogP contribution in [-0.4, -0.2) is 12.7 Å². The van der Waals surface area contributed by atoms with Crippen LogP contribution in [0.2, 0.25) is 0 Å². The Morgan fingerprint density at radius 1 is 0.750 bits per heavy atom. The van der Waals surface area contributed by atoms with Gasteiger partial charge >= 0.3 is 0 Å². The quantitative estimate of drug-likeness (QED) is 0.505. The van der Waals surface area contributed by atoms with Gasteiger partial charge in [-0.05, 0) is 79.0 Å². The van der Waals surface area contributed by atoms with Gasteiger partial charge in [0.05, 0.1) is 7.11 Å². The number of hydrogen-bond acceptors (Lipinski definition) is 2. The summed E-state index contributed by atoms with van der Waals surface area (Å²) in [5.41, 5.74) is 6.33. The maximum absolute atomic E-state index is 6.17. The predicted octanol–water partition coefficient (Wildman–Crippen LogP) is 7.91. The molecule has 0 atom stereocenters. The predicted molar refractivity (Wildman–Crippen MR) is 121 cm³/mol. The molecule has 0 saturated carbocycles. The summed E-state index contributed by atoms with van der Waals surface area (Å²) >= 11 is 0. The van der Waals surface area contributed by atoms with Crippen molar-refractivity contribution < 1.29 is 9.47 Å². The second kappa shape index (κ2) is 8.59. The molecule has 2 aromatic carbocycles. The number of methoxy groups -OCH3 is 1. The molecule has 0 radical (unpaired) electrons. The summed E-state index contributed by atoms with van der Waals surface area (Å²) in [4.78, 5) is 0. The van der Waals surface area contributed by atoms with Crippen LogP contribution in [0.1, 0.15) is 96.8 Å². The molecule has 0 aliphatic carbocycles. The largest absolute Gasteiger partial charge is 0.496 e. The fraction of sp³-hybridized carbons (Fsp3) is 0.538. The van der Waals surface area contributed by atoms with Crippen molar-refractivity contribution in [2.45, 2.75) is 85.7 Å². The van der Waals surface area contributed by atoms with Crippen molar-refractivity contribution in [3.8, 4) is 22.6 Å². The number of hydrogen-bond donors (Lipinski definition) is 0. The van der Waals surface area contributed by atoms with Crippen LogP contribution in [0.25, 0.3) is 11.1 Å². The van der Waals surface area contributed by atoms with Crippen LogP contribution in [-0.2, 0) is 0 Å². The lowest BCUT2D eigenvalue weighted by molar-refractivity contribution is 0.131. The number of ether oxygens (including phenoxy) is 2. The minimum Gasteiger partial charge on any atom is -0.496 e. The average Bonchev–Trinajstić information content (AvgIpc) is 2.58. The Balaban J connectivity index is 2.83. The third kappa shape index (κ3) is 5.10. The molecule has 0 saturated heterocycles. The summed E-state index contributed by atoms with van der Waals surface area (Å²) in [5, 5.41) is 0. The normalized spacial score (nSPS) is 12.2. The van der Waals surface area contributed by atoms with Crippen LogP contribution in [0.3, 0.4) is 0 Å². The fourth-order valence-corrected chi connectivity index (χ4v) is 3.57. The van der Waals surface area contributed by atoms with Gasteiger partial charge in [0.1, 0.15) is 17.1 Å². The molecular weight excluding hydrogens is 344 g/mol. The van der Waals surface area contributed by atoms with E-state index in [-0.39, 0.29) is 5.60 Å². The van der Waals surface area contributed by atoms with Gasteiger partial charge in [-0.1, -0.05) is 53.7 Å². The van der Waals surface area contributed by atoms with Crippen molar-refractivity contribution in [1.82, 2.24) is 0 Å². The van der Waals surface area contributed by atoms with Gasteiger partial charge in [-0.25, -0.2) is 0 Å². The van der Waals surface area contributed by atoms with Crippen LogP contribution >= 0.6 is 0 Å². The van der Waals surface area contributed by atoms with Gasteiger partial charge < -0.3 is 9.47 Å². The zero-order valence-electron chi connectivity index (χ0n) is 19.4.